The zero-order chi connectivity index (χ0) is 12.3. The number of rotatable bonds is 3. The molecule has 1 heterocycles. The molecule has 2 aromatic rings. The highest BCUT2D eigenvalue weighted by Gasteiger charge is 2.04. The second-order valence-electron chi connectivity index (χ2n) is 3.28. The number of halogens is 1. The number of aromatic nitrogens is 2. The van der Waals surface area contributed by atoms with Gasteiger partial charge < -0.3 is 15.8 Å². The molecule has 0 amide bonds. The average molecular weight is 295 g/mol. The number of methoxy groups -OCH3 is 1. The Balaban J connectivity index is 2.27. The lowest BCUT2D eigenvalue weighted by atomic mass is 10.3. The molecule has 3 N–H and O–H groups in total. The second-order valence-corrected chi connectivity index (χ2v) is 4.14. The van der Waals surface area contributed by atoms with Gasteiger partial charge in [-0.1, -0.05) is 6.07 Å². The molecule has 2 rings (SSSR count). The Labute approximate surface area is 107 Å². The van der Waals surface area contributed by atoms with Gasteiger partial charge in [0.25, 0.3) is 0 Å². The summed E-state index contributed by atoms with van der Waals surface area (Å²) in [6.07, 6.45) is 1.60. The van der Waals surface area contributed by atoms with Gasteiger partial charge in [0.2, 0.25) is 5.95 Å². The van der Waals surface area contributed by atoms with Crippen molar-refractivity contribution < 1.29 is 4.74 Å². The van der Waals surface area contributed by atoms with E-state index in [0.717, 1.165) is 15.9 Å². The number of nitrogens with two attached hydrogens (primary N) is 1. The maximum atomic E-state index is 5.53. The van der Waals surface area contributed by atoms with E-state index >= 15 is 0 Å². The number of hydrogen-bond acceptors (Lipinski definition) is 5. The third-order valence-electron chi connectivity index (χ3n) is 2.10. The third kappa shape index (κ3) is 2.85. The number of ether oxygens (including phenoxy) is 1. The molecule has 0 saturated carbocycles. The van der Waals surface area contributed by atoms with Gasteiger partial charge >= 0.3 is 0 Å². The zero-order valence-corrected chi connectivity index (χ0v) is 10.7. The van der Waals surface area contributed by atoms with E-state index in [1.165, 1.54) is 0 Å². The smallest absolute Gasteiger partial charge is 0.222 e. The molecule has 17 heavy (non-hydrogen) atoms. The molecule has 1 aromatic carbocycles. The Bertz CT molecular complexity index is 533. The van der Waals surface area contributed by atoms with Crippen LogP contribution in [0.4, 0.5) is 17.5 Å². The van der Waals surface area contributed by atoms with Gasteiger partial charge in [0.15, 0.2) is 0 Å². The number of nitrogens with one attached hydrogen (secondary N) is 1. The van der Waals surface area contributed by atoms with Gasteiger partial charge in [-0.15, -0.1) is 0 Å². The molecule has 0 atom stereocenters. The lowest BCUT2D eigenvalue weighted by Gasteiger charge is -2.08. The molecule has 1 aromatic heterocycles. The fraction of sp³-hybridized carbons (Fsp3) is 0.0909. The molecule has 0 bridgehead atoms. The lowest BCUT2D eigenvalue weighted by Crippen LogP contribution is -2.00. The van der Waals surface area contributed by atoms with Crippen molar-refractivity contribution in [2.75, 3.05) is 18.2 Å². The quantitative estimate of drug-likeness (QED) is 0.910. The number of benzene rings is 1. The minimum absolute atomic E-state index is 0.221. The van der Waals surface area contributed by atoms with E-state index in [2.05, 4.69) is 31.2 Å². The van der Waals surface area contributed by atoms with Crippen LogP contribution in [0.3, 0.4) is 0 Å². The van der Waals surface area contributed by atoms with Gasteiger partial charge in [-0.3, -0.25) is 0 Å². The summed E-state index contributed by atoms with van der Waals surface area (Å²) < 4.78 is 5.88. The van der Waals surface area contributed by atoms with Gasteiger partial charge in [-0.2, -0.15) is 4.98 Å². The fourth-order valence-corrected chi connectivity index (χ4v) is 1.60. The van der Waals surface area contributed by atoms with Gasteiger partial charge in [0.05, 0.1) is 11.6 Å². The summed E-state index contributed by atoms with van der Waals surface area (Å²) in [5.41, 5.74) is 6.39. The fourth-order valence-electron chi connectivity index (χ4n) is 1.31. The van der Waals surface area contributed by atoms with E-state index < -0.39 is 0 Å². The molecule has 6 heteroatoms. The first-order valence-corrected chi connectivity index (χ1v) is 5.67. The van der Waals surface area contributed by atoms with Crippen molar-refractivity contribution in [3.63, 3.8) is 0 Å². The summed E-state index contributed by atoms with van der Waals surface area (Å²) in [4.78, 5) is 7.96. The first-order valence-electron chi connectivity index (χ1n) is 4.88. The first-order chi connectivity index (χ1) is 8.19. The van der Waals surface area contributed by atoms with Crippen LogP contribution in [0.1, 0.15) is 0 Å². The zero-order valence-electron chi connectivity index (χ0n) is 9.14. The molecular weight excluding hydrogens is 284 g/mol. The van der Waals surface area contributed by atoms with E-state index in [-0.39, 0.29) is 5.95 Å². The van der Waals surface area contributed by atoms with Crippen LogP contribution < -0.4 is 15.8 Å². The Kier molecular flexibility index (Phi) is 3.43. The Morgan fingerprint density at radius 2 is 2.24 bits per heavy atom. The SMILES string of the molecule is COc1cccc(Nc2nc(N)ncc2Br)c1. The topological polar surface area (TPSA) is 73.1 Å². The third-order valence-corrected chi connectivity index (χ3v) is 2.68. The van der Waals surface area contributed by atoms with Crippen LogP contribution in [-0.2, 0) is 0 Å². The molecular formula is C11H11BrN4O. The van der Waals surface area contributed by atoms with Gasteiger partial charge in [0.1, 0.15) is 11.6 Å². The highest BCUT2D eigenvalue weighted by molar-refractivity contribution is 9.10. The van der Waals surface area contributed by atoms with E-state index in [9.17, 15) is 0 Å². The van der Waals surface area contributed by atoms with Crippen molar-refractivity contribution in [2.45, 2.75) is 0 Å². The van der Waals surface area contributed by atoms with Crippen LogP contribution >= 0.6 is 15.9 Å². The molecule has 0 saturated heterocycles. The molecule has 5 nitrogen and oxygen atoms in total. The van der Waals surface area contributed by atoms with Crippen LogP contribution in [0.2, 0.25) is 0 Å². The van der Waals surface area contributed by atoms with Crippen molar-refractivity contribution in [2.24, 2.45) is 0 Å². The number of hydrogen-bond donors (Lipinski definition) is 2. The van der Waals surface area contributed by atoms with Crippen LogP contribution in [0.15, 0.2) is 34.9 Å². The standard InChI is InChI=1S/C11H11BrN4O/c1-17-8-4-2-3-7(5-8)15-10-9(12)6-14-11(13)16-10/h2-6H,1H3,(H3,13,14,15,16). The van der Waals surface area contributed by atoms with E-state index in [1.54, 1.807) is 13.3 Å². The first kappa shape index (κ1) is 11.7. The normalized spacial score (nSPS) is 10.0. The molecule has 0 radical (unpaired) electrons. The predicted octanol–water partition coefficient (Wildman–Crippen LogP) is 2.57. The maximum Gasteiger partial charge on any atom is 0.222 e. The minimum atomic E-state index is 0.221. The minimum Gasteiger partial charge on any atom is -0.497 e. The van der Waals surface area contributed by atoms with Crippen LogP contribution in [-0.4, -0.2) is 17.1 Å². The maximum absolute atomic E-state index is 5.53. The summed E-state index contributed by atoms with van der Waals surface area (Å²) in [6, 6.07) is 7.53. The highest BCUT2D eigenvalue weighted by atomic mass is 79.9. The molecule has 0 aliphatic rings. The lowest BCUT2D eigenvalue weighted by molar-refractivity contribution is 0.415. The largest absolute Gasteiger partial charge is 0.497 e. The molecule has 0 fully saturated rings. The average Bonchev–Trinajstić information content (AvgIpc) is 2.34. The van der Waals surface area contributed by atoms with Crippen LogP contribution in [0.5, 0.6) is 5.75 Å². The van der Waals surface area contributed by atoms with E-state index in [0.29, 0.717) is 5.82 Å². The van der Waals surface area contributed by atoms with Crippen LogP contribution in [0, 0.1) is 0 Å². The monoisotopic (exact) mass is 294 g/mol. The summed E-state index contributed by atoms with van der Waals surface area (Å²) in [7, 11) is 1.62. The Morgan fingerprint density at radius 1 is 1.41 bits per heavy atom. The van der Waals surface area contributed by atoms with Crippen molar-refractivity contribution in [3.05, 3.63) is 34.9 Å². The van der Waals surface area contributed by atoms with Gasteiger partial charge in [0, 0.05) is 18.0 Å². The van der Waals surface area contributed by atoms with Crippen molar-refractivity contribution >= 4 is 33.4 Å². The van der Waals surface area contributed by atoms with Gasteiger partial charge in [-0.25, -0.2) is 4.98 Å². The number of nitrogen functional groups attached to an aromatic ring is 1. The number of nitrogens with zero attached hydrogens (tertiary/aromatic N) is 2. The molecule has 88 valence electrons. The van der Waals surface area contributed by atoms with E-state index in [1.807, 2.05) is 24.3 Å². The Hall–Kier alpha value is -1.82. The summed E-state index contributed by atoms with van der Waals surface area (Å²) >= 11 is 3.35. The van der Waals surface area contributed by atoms with Crippen molar-refractivity contribution in [3.8, 4) is 5.75 Å². The summed E-state index contributed by atoms with van der Waals surface area (Å²) in [6.45, 7) is 0. The molecule has 0 spiro atoms. The Morgan fingerprint density at radius 3 is 3.00 bits per heavy atom. The van der Waals surface area contributed by atoms with Crippen molar-refractivity contribution in [1.29, 1.82) is 0 Å². The summed E-state index contributed by atoms with van der Waals surface area (Å²) in [5.74, 6) is 1.61. The summed E-state index contributed by atoms with van der Waals surface area (Å²) in [5, 5.41) is 3.13. The van der Waals surface area contributed by atoms with Crippen molar-refractivity contribution in [1.82, 2.24) is 9.97 Å². The molecule has 0 aliphatic carbocycles. The van der Waals surface area contributed by atoms with Gasteiger partial charge in [-0.05, 0) is 28.1 Å². The van der Waals surface area contributed by atoms with E-state index in [4.69, 9.17) is 10.5 Å². The van der Waals surface area contributed by atoms with Crippen LogP contribution in [0.25, 0.3) is 0 Å². The molecule has 0 aliphatic heterocycles. The molecule has 0 unspecified atom stereocenters. The number of anilines is 3. The second kappa shape index (κ2) is 5.01. The highest BCUT2D eigenvalue weighted by Crippen LogP contribution is 2.25. The predicted molar refractivity (Wildman–Crippen MR) is 70.4 cm³/mol.